The lowest BCUT2D eigenvalue weighted by Crippen LogP contribution is -2.51. The lowest BCUT2D eigenvalue weighted by atomic mass is 9.98. The molecule has 1 saturated heterocycles. The highest BCUT2D eigenvalue weighted by Crippen LogP contribution is 2.32. The van der Waals surface area contributed by atoms with Crippen molar-refractivity contribution >= 4 is 27.3 Å². The summed E-state index contributed by atoms with van der Waals surface area (Å²) in [4.78, 5) is 12.4. The number of nitrogens with zero attached hydrogens (tertiary/aromatic N) is 1. The van der Waals surface area contributed by atoms with Gasteiger partial charge in [0.05, 0.1) is 0 Å². The third kappa shape index (κ3) is 3.11. The van der Waals surface area contributed by atoms with E-state index in [9.17, 15) is 13.2 Å². The SMILES string of the molecule is CC(C)c1ccc(C2C(=O)NCCN2S(=O)(=O)c2cccs2)cc1. The quantitative estimate of drug-likeness (QED) is 0.907. The second-order valence-electron chi connectivity index (χ2n) is 6.06. The average molecular weight is 364 g/mol. The van der Waals surface area contributed by atoms with Crippen LogP contribution in [-0.4, -0.2) is 31.7 Å². The van der Waals surface area contributed by atoms with Crippen LogP contribution in [0.2, 0.25) is 0 Å². The summed E-state index contributed by atoms with van der Waals surface area (Å²) in [5.41, 5.74) is 1.85. The molecule has 0 bridgehead atoms. The van der Waals surface area contributed by atoms with Gasteiger partial charge < -0.3 is 5.32 Å². The summed E-state index contributed by atoms with van der Waals surface area (Å²) in [6, 6.07) is 10.1. The molecule has 24 heavy (non-hydrogen) atoms. The third-order valence-electron chi connectivity index (χ3n) is 4.14. The van der Waals surface area contributed by atoms with Crippen molar-refractivity contribution < 1.29 is 13.2 Å². The van der Waals surface area contributed by atoms with E-state index in [1.807, 2.05) is 24.3 Å². The number of amides is 1. The van der Waals surface area contributed by atoms with Gasteiger partial charge in [-0.05, 0) is 28.5 Å². The first-order valence-corrected chi connectivity index (χ1v) is 10.2. The van der Waals surface area contributed by atoms with Crippen LogP contribution >= 0.6 is 11.3 Å². The molecule has 1 aromatic heterocycles. The summed E-state index contributed by atoms with van der Waals surface area (Å²) in [5, 5.41) is 4.50. The Labute approximate surface area is 146 Å². The summed E-state index contributed by atoms with van der Waals surface area (Å²) >= 11 is 1.17. The molecular weight excluding hydrogens is 344 g/mol. The predicted octanol–water partition coefficient (Wildman–Crippen LogP) is 2.73. The molecule has 1 amide bonds. The van der Waals surface area contributed by atoms with E-state index in [1.54, 1.807) is 17.5 Å². The molecular formula is C17H20N2O3S2. The fraction of sp³-hybridized carbons (Fsp3) is 0.353. The third-order valence-corrected chi connectivity index (χ3v) is 7.38. The van der Waals surface area contributed by atoms with E-state index in [-0.39, 0.29) is 16.7 Å². The minimum Gasteiger partial charge on any atom is -0.353 e. The lowest BCUT2D eigenvalue weighted by molar-refractivity contribution is -0.126. The zero-order valence-electron chi connectivity index (χ0n) is 13.6. The van der Waals surface area contributed by atoms with Crippen molar-refractivity contribution in [1.82, 2.24) is 9.62 Å². The summed E-state index contributed by atoms with van der Waals surface area (Å²) in [5.74, 6) is 0.101. The van der Waals surface area contributed by atoms with Crippen molar-refractivity contribution in [3.63, 3.8) is 0 Å². The number of sulfonamides is 1. The molecule has 1 unspecified atom stereocenters. The Balaban J connectivity index is 2.00. The van der Waals surface area contributed by atoms with Gasteiger partial charge in [0.25, 0.3) is 10.0 Å². The van der Waals surface area contributed by atoms with Crippen molar-refractivity contribution in [3.8, 4) is 0 Å². The molecule has 1 aromatic carbocycles. The first-order valence-electron chi connectivity index (χ1n) is 7.84. The molecule has 1 atom stereocenters. The molecule has 0 radical (unpaired) electrons. The van der Waals surface area contributed by atoms with Gasteiger partial charge >= 0.3 is 0 Å². The van der Waals surface area contributed by atoms with Crippen molar-refractivity contribution in [3.05, 3.63) is 52.9 Å². The summed E-state index contributed by atoms with van der Waals surface area (Å²) in [6.45, 7) is 4.78. The van der Waals surface area contributed by atoms with Crippen LogP contribution in [0.4, 0.5) is 0 Å². The summed E-state index contributed by atoms with van der Waals surface area (Å²) in [7, 11) is -3.68. The Morgan fingerprint density at radius 1 is 1.21 bits per heavy atom. The monoisotopic (exact) mass is 364 g/mol. The van der Waals surface area contributed by atoms with Crippen molar-refractivity contribution in [2.75, 3.05) is 13.1 Å². The first kappa shape index (κ1) is 17.1. The zero-order valence-corrected chi connectivity index (χ0v) is 15.2. The Kier molecular flexibility index (Phi) is 4.76. The van der Waals surface area contributed by atoms with Gasteiger partial charge in [0.2, 0.25) is 5.91 Å². The average Bonchev–Trinajstić information content (AvgIpc) is 3.10. The van der Waals surface area contributed by atoms with Crippen LogP contribution in [0.5, 0.6) is 0 Å². The number of thiophene rings is 1. The molecule has 1 N–H and O–H groups in total. The van der Waals surface area contributed by atoms with E-state index in [1.165, 1.54) is 15.6 Å². The fourth-order valence-electron chi connectivity index (χ4n) is 2.81. The molecule has 1 fully saturated rings. The van der Waals surface area contributed by atoms with Gasteiger partial charge in [-0.15, -0.1) is 11.3 Å². The number of hydrogen-bond acceptors (Lipinski definition) is 4. The fourth-order valence-corrected chi connectivity index (χ4v) is 5.51. The second-order valence-corrected chi connectivity index (χ2v) is 9.13. The molecule has 5 nitrogen and oxygen atoms in total. The molecule has 7 heteroatoms. The van der Waals surface area contributed by atoms with Crippen LogP contribution in [0.15, 0.2) is 46.0 Å². The van der Waals surface area contributed by atoms with Gasteiger partial charge in [0.15, 0.2) is 0 Å². The minimum atomic E-state index is -3.68. The van der Waals surface area contributed by atoms with Crippen LogP contribution in [0.3, 0.4) is 0 Å². The van der Waals surface area contributed by atoms with Crippen LogP contribution in [-0.2, 0) is 14.8 Å². The lowest BCUT2D eigenvalue weighted by Gasteiger charge is -2.34. The topological polar surface area (TPSA) is 66.5 Å². The Morgan fingerprint density at radius 3 is 2.50 bits per heavy atom. The number of benzene rings is 1. The van der Waals surface area contributed by atoms with Crippen molar-refractivity contribution in [2.45, 2.75) is 30.0 Å². The van der Waals surface area contributed by atoms with Gasteiger partial charge in [-0.25, -0.2) is 8.42 Å². The van der Waals surface area contributed by atoms with Crippen LogP contribution in [0.1, 0.15) is 36.9 Å². The van der Waals surface area contributed by atoms with Gasteiger partial charge in [0, 0.05) is 13.1 Å². The van der Waals surface area contributed by atoms with E-state index in [2.05, 4.69) is 19.2 Å². The molecule has 2 aromatic rings. The number of rotatable bonds is 4. The molecule has 3 rings (SSSR count). The predicted molar refractivity (Wildman–Crippen MR) is 94.5 cm³/mol. The van der Waals surface area contributed by atoms with Crippen LogP contribution in [0, 0.1) is 0 Å². The van der Waals surface area contributed by atoms with Crippen molar-refractivity contribution in [1.29, 1.82) is 0 Å². The number of carbonyl (C=O) groups excluding carboxylic acids is 1. The van der Waals surface area contributed by atoms with Crippen LogP contribution in [0.25, 0.3) is 0 Å². The van der Waals surface area contributed by atoms with Crippen LogP contribution < -0.4 is 5.32 Å². The van der Waals surface area contributed by atoms with E-state index >= 15 is 0 Å². The molecule has 128 valence electrons. The van der Waals surface area contributed by atoms with E-state index < -0.39 is 16.1 Å². The Morgan fingerprint density at radius 2 is 1.92 bits per heavy atom. The van der Waals surface area contributed by atoms with E-state index in [0.717, 1.165) is 5.56 Å². The maximum Gasteiger partial charge on any atom is 0.253 e. The van der Waals surface area contributed by atoms with Gasteiger partial charge in [-0.3, -0.25) is 4.79 Å². The molecule has 1 aliphatic heterocycles. The number of carbonyl (C=O) groups is 1. The second kappa shape index (κ2) is 6.66. The smallest absolute Gasteiger partial charge is 0.253 e. The van der Waals surface area contributed by atoms with Gasteiger partial charge in [-0.1, -0.05) is 44.2 Å². The van der Waals surface area contributed by atoms with Crippen molar-refractivity contribution in [2.24, 2.45) is 0 Å². The Hall–Kier alpha value is -1.70. The number of piperazine rings is 1. The highest BCUT2D eigenvalue weighted by Gasteiger charge is 2.39. The maximum absolute atomic E-state index is 12.9. The van der Waals surface area contributed by atoms with E-state index in [4.69, 9.17) is 0 Å². The molecule has 2 heterocycles. The highest BCUT2D eigenvalue weighted by molar-refractivity contribution is 7.91. The molecule has 0 aliphatic carbocycles. The summed E-state index contributed by atoms with van der Waals surface area (Å²) in [6.07, 6.45) is 0. The highest BCUT2D eigenvalue weighted by atomic mass is 32.2. The Bertz CT molecular complexity index is 812. The minimum absolute atomic E-state index is 0.265. The maximum atomic E-state index is 12.9. The van der Waals surface area contributed by atoms with Gasteiger partial charge in [0.1, 0.15) is 10.3 Å². The largest absolute Gasteiger partial charge is 0.353 e. The number of nitrogens with one attached hydrogen (secondary N) is 1. The van der Waals surface area contributed by atoms with E-state index in [0.29, 0.717) is 18.0 Å². The standard InChI is InChI=1S/C17H20N2O3S2/c1-12(2)13-5-7-14(8-6-13)16-17(20)18-9-10-19(16)24(21,22)15-4-3-11-23-15/h3-8,11-12,16H,9-10H2,1-2H3,(H,18,20). The van der Waals surface area contributed by atoms with Gasteiger partial charge in [-0.2, -0.15) is 4.31 Å². The summed E-state index contributed by atoms with van der Waals surface area (Å²) < 4.78 is 27.4. The number of hydrogen-bond donors (Lipinski definition) is 1. The molecule has 0 saturated carbocycles. The normalized spacial score (nSPS) is 19.5. The first-order chi connectivity index (χ1) is 11.4. The zero-order chi connectivity index (χ0) is 17.3. The molecule has 0 spiro atoms. The molecule has 1 aliphatic rings.